The van der Waals surface area contributed by atoms with Crippen molar-refractivity contribution in [2.45, 2.75) is 11.9 Å². The third-order valence-corrected chi connectivity index (χ3v) is 4.90. The van der Waals surface area contributed by atoms with Crippen molar-refractivity contribution >= 4 is 33.1 Å². The Morgan fingerprint density at radius 1 is 0.969 bits per heavy atom. The predicted molar refractivity (Wildman–Crippen MR) is 115 cm³/mol. The fourth-order valence-corrected chi connectivity index (χ4v) is 3.41. The summed E-state index contributed by atoms with van der Waals surface area (Å²) in [4.78, 5) is 20.4. The Balaban J connectivity index is 1.68. The number of anilines is 3. The van der Waals surface area contributed by atoms with Crippen molar-refractivity contribution in [2.75, 3.05) is 22.6 Å². The molecule has 3 aromatic rings. The van der Waals surface area contributed by atoms with E-state index in [-0.39, 0.29) is 28.8 Å². The maximum absolute atomic E-state index is 12.6. The maximum atomic E-state index is 12.6. The van der Waals surface area contributed by atoms with E-state index in [0.29, 0.717) is 11.3 Å². The largest absolute Gasteiger partial charge is 0.416 e. The monoisotopic (exact) mass is 465 g/mol. The molecule has 0 radical (unpaired) electrons. The number of hydrogen-bond donors (Lipinski definition) is 3. The van der Waals surface area contributed by atoms with Gasteiger partial charge < -0.3 is 16.4 Å². The highest BCUT2D eigenvalue weighted by atomic mass is 32.2. The first-order chi connectivity index (χ1) is 14.9. The van der Waals surface area contributed by atoms with E-state index >= 15 is 0 Å². The van der Waals surface area contributed by atoms with E-state index in [1.54, 1.807) is 24.3 Å². The van der Waals surface area contributed by atoms with Crippen LogP contribution in [-0.2, 0) is 21.8 Å². The Morgan fingerprint density at radius 3 is 2.00 bits per heavy atom. The lowest BCUT2D eigenvalue weighted by molar-refractivity contribution is -0.137. The van der Waals surface area contributed by atoms with Crippen LogP contribution in [-0.4, -0.2) is 30.7 Å². The molecule has 168 valence electrons. The molecule has 2 aromatic carbocycles. The number of carbonyl (C=O) groups is 1. The molecule has 4 N–H and O–H groups in total. The van der Waals surface area contributed by atoms with Crippen molar-refractivity contribution in [2.24, 2.45) is 0 Å². The molecule has 2 amide bonds. The predicted octanol–water partition coefficient (Wildman–Crippen LogP) is 3.93. The molecule has 0 spiro atoms. The van der Waals surface area contributed by atoms with Gasteiger partial charge in [0.25, 0.3) is 0 Å². The van der Waals surface area contributed by atoms with E-state index in [1.807, 2.05) is 0 Å². The van der Waals surface area contributed by atoms with E-state index in [4.69, 9.17) is 5.73 Å². The quantitative estimate of drug-likeness (QED) is 0.524. The zero-order valence-corrected chi connectivity index (χ0v) is 17.5. The second-order valence-corrected chi connectivity index (χ2v) is 9.05. The number of rotatable bonds is 5. The lowest BCUT2D eigenvalue weighted by Gasteiger charge is -2.10. The number of urea groups is 1. The van der Waals surface area contributed by atoms with Crippen LogP contribution < -0.4 is 16.4 Å². The Bertz CT molecular complexity index is 1230. The van der Waals surface area contributed by atoms with Gasteiger partial charge in [0.1, 0.15) is 5.82 Å². The van der Waals surface area contributed by atoms with Crippen LogP contribution in [0.2, 0.25) is 0 Å². The summed E-state index contributed by atoms with van der Waals surface area (Å²) >= 11 is 0. The van der Waals surface area contributed by atoms with Crippen LogP contribution in [0.5, 0.6) is 0 Å². The zero-order chi connectivity index (χ0) is 23.5. The molecule has 0 atom stereocenters. The van der Waals surface area contributed by atoms with Gasteiger partial charge in [-0.2, -0.15) is 13.2 Å². The number of nitrogens with one attached hydrogen (secondary N) is 2. The lowest BCUT2D eigenvalue weighted by Crippen LogP contribution is -2.19. The first-order valence-corrected chi connectivity index (χ1v) is 11.1. The van der Waals surface area contributed by atoms with E-state index < -0.39 is 27.6 Å². The molecule has 12 heteroatoms. The van der Waals surface area contributed by atoms with Crippen LogP contribution in [0, 0.1) is 0 Å². The molecule has 1 aromatic heterocycles. The first kappa shape index (κ1) is 23.0. The molecular formula is C20H18F3N5O3S. The summed E-state index contributed by atoms with van der Waals surface area (Å²) in [5.74, 6) is 0.0624. The van der Waals surface area contributed by atoms with E-state index in [2.05, 4.69) is 20.6 Å². The topological polar surface area (TPSA) is 127 Å². The van der Waals surface area contributed by atoms with Crippen molar-refractivity contribution in [3.8, 4) is 11.4 Å². The highest BCUT2D eigenvalue weighted by Gasteiger charge is 2.30. The zero-order valence-electron chi connectivity index (χ0n) is 16.6. The number of carbonyl (C=O) groups excluding carboxylic acids is 1. The van der Waals surface area contributed by atoms with Gasteiger partial charge in [0.2, 0.25) is 0 Å². The van der Waals surface area contributed by atoms with E-state index in [0.717, 1.165) is 30.5 Å². The van der Waals surface area contributed by atoms with Gasteiger partial charge >= 0.3 is 12.2 Å². The second-order valence-electron chi connectivity index (χ2n) is 6.91. The lowest BCUT2D eigenvalue weighted by atomic mass is 10.2. The number of amides is 2. The SMILES string of the molecule is CS(=O)(=O)Cc1cc(N)nc(-c2ccc(NC(=O)Nc3ccc(C(F)(F)F)cc3)cc2)n1. The Labute approximate surface area is 181 Å². The van der Waals surface area contributed by atoms with Crippen LogP contribution in [0.4, 0.5) is 35.2 Å². The summed E-state index contributed by atoms with van der Waals surface area (Å²) in [7, 11) is -3.30. The van der Waals surface area contributed by atoms with E-state index in [1.165, 1.54) is 6.07 Å². The first-order valence-electron chi connectivity index (χ1n) is 9.06. The number of nitrogens with zero attached hydrogens (tertiary/aromatic N) is 2. The van der Waals surface area contributed by atoms with Crippen molar-refractivity contribution in [1.29, 1.82) is 0 Å². The van der Waals surface area contributed by atoms with Crippen molar-refractivity contribution in [3.63, 3.8) is 0 Å². The summed E-state index contributed by atoms with van der Waals surface area (Å²) in [6.07, 6.45) is -3.37. The molecule has 0 bridgehead atoms. The van der Waals surface area contributed by atoms with E-state index in [9.17, 15) is 26.4 Å². The number of halogens is 3. The molecule has 0 saturated carbocycles. The number of benzene rings is 2. The highest BCUT2D eigenvalue weighted by molar-refractivity contribution is 7.89. The summed E-state index contributed by atoms with van der Waals surface area (Å²) in [6.45, 7) is 0. The van der Waals surface area contributed by atoms with Gasteiger partial charge in [0.05, 0.1) is 17.0 Å². The minimum absolute atomic E-state index is 0.117. The molecule has 1 heterocycles. The fraction of sp³-hybridized carbons (Fsp3) is 0.150. The molecule has 0 aliphatic carbocycles. The molecule has 3 rings (SSSR count). The number of aromatic nitrogens is 2. The molecular weight excluding hydrogens is 447 g/mol. The minimum Gasteiger partial charge on any atom is -0.384 e. The average molecular weight is 465 g/mol. The average Bonchev–Trinajstić information content (AvgIpc) is 2.66. The van der Waals surface area contributed by atoms with Gasteiger partial charge in [-0.25, -0.2) is 23.2 Å². The molecule has 0 unspecified atom stereocenters. The molecule has 32 heavy (non-hydrogen) atoms. The number of nitrogen functional groups attached to an aromatic ring is 1. The van der Waals surface area contributed by atoms with Gasteiger partial charge in [-0.1, -0.05) is 0 Å². The van der Waals surface area contributed by atoms with Gasteiger partial charge in [-0.3, -0.25) is 0 Å². The minimum atomic E-state index is -4.46. The smallest absolute Gasteiger partial charge is 0.384 e. The van der Waals surface area contributed by atoms with Crippen LogP contribution in [0.25, 0.3) is 11.4 Å². The highest BCUT2D eigenvalue weighted by Crippen LogP contribution is 2.29. The third kappa shape index (κ3) is 6.41. The summed E-state index contributed by atoms with van der Waals surface area (Å²) in [5, 5.41) is 4.99. The Morgan fingerprint density at radius 2 is 1.50 bits per heavy atom. The van der Waals surface area contributed by atoms with Gasteiger partial charge in [0.15, 0.2) is 15.7 Å². The second kappa shape index (κ2) is 8.83. The standard InChI is InChI=1S/C20H18F3N5O3S/c1-32(30,31)11-16-10-17(24)28-18(25-16)12-2-6-14(7-3-12)26-19(29)27-15-8-4-13(5-9-15)20(21,22)23/h2-10H,11H2,1H3,(H2,24,25,28)(H2,26,27,29). The van der Waals surface area contributed by atoms with Gasteiger partial charge in [0, 0.05) is 29.3 Å². The third-order valence-electron chi connectivity index (χ3n) is 4.08. The summed E-state index contributed by atoms with van der Waals surface area (Å²) in [6, 6.07) is 11.1. The molecule has 0 saturated heterocycles. The molecule has 0 aliphatic rings. The summed E-state index contributed by atoms with van der Waals surface area (Å²) < 4.78 is 60.8. The van der Waals surface area contributed by atoms with Crippen LogP contribution in [0.3, 0.4) is 0 Å². The van der Waals surface area contributed by atoms with Crippen molar-refractivity contribution in [3.05, 3.63) is 65.9 Å². The Kier molecular flexibility index (Phi) is 6.35. The number of alkyl halides is 3. The Hall–Kier alpha value is -3.67. The molecule has 0 aliphatic heterocycles. The van der Waals surface area contributed by atoms with Crippen molar-refractivity contribution in [1.82, 2.24) is 9.97 Å². The van der Waals surface area contributed by atoms with Gasteiger partial charge in [-0.15, -0.1) is 0 Å². The van der Waals surface area contributed by atoms with Crippen LogP contribution >= 0.6 is 0 Å². The number of sulfone groups is 1. The van der Waals surface area contributed by atoms with Gasteiger partial charge in [-0.05, 0) is 48.5 Å². The van der Waals surface area contributed by atoms with Crippen LogP contribution in [0.1, 0.15) is 11.3 Å². The molecule has 0 fully saturated rings. The fourth-order valence-electron chi connectivity index (χ4n) is 2.73. The normalized spacial score (nSPS) is 11.8. The van der Waals surface area contributed by atoms with Crippen molar-refractivity contribution < 1.29 is 26.4 Å². The number of hydrogen-bond acceptors (Lipinski definition) is 6. The number of nitrogens with two attached hydrogens (primary N) is 1. The van der Waals surface area contributed by atoms with Crippen LogP contribution in [0.15, 0.2) is 54.6 Å². The maximum Gasteiger partial charge on any atom is 0.416 e. The molecule has 8 nitrogen and oxygen atoms in total. The summed E-state index contributed by atoms with van der Waals surface area (Å²) in [5.41, 5.74) is 6.32.